The number of epoxide rings is 2. The largest absolute Gasteiger partial charge is 0.307 e. The van der Waals surface area contributed by atoms with E-state index in [4.69, 9.17) is 9.47 Å². The summed E-state index contributed by atoms with van der Waals surface area (Å²) in [5.41, 5.74) is 0. The van der Waals surface area contributed by atoms with Crippen LogP contribution in [0.5, 0.6) is 0 Å². The highest BCUT2D eigenvalue weighted by Crippen LogP contribution is 2.71. The quantitative estimate of drug-likeness (QED) is 0.571. The Labute approximate surface area is 67.9 Å². The number of fused-ring (bicyclic) bond motifs is 1. The molecule has 0 aromatic carbocycles. The summed E-state index contributed by atoms with van der Waals surface area (Å²) in [5.74, 6) is -0.171. The van der Waals surface area contributed by atoms with E-state index in [1.807, 2.05) is 0 Å². The second-order valence-corrected chi connectivity index (χ2v) is 3.56. The monoisotopic (exact) mass is 156 g/mol. The third-order valence-corrected chi connectivity index (χ3v) is 2.60. The molecule has 0 saturated carbocycles. The molecule has 0 aromatic rings. The topological polar surface area (TPSA) is 25.1 Å². The summed E-state index contributed by atoms with van der Waals surface area (Å²) in [6.45, 7) is 4.37. The van der Waals surface area contributed by atoms with Gasteiger partial charge in [-0.2, -0.15) is 0 Å². The maximum atomic E-state index is 5.50. The highest BCUT2D eigenvalue weighted by molar-refractivity contribution is 5.17. The van der Waals surface area contributed by atoms with Crippen molar-refractivity contribution in [1.82, 2.24) is 0 Å². The molecule has 2 aliphatic heterocycles. The van der Waals surface area contributed by atoms with Gasteiger partial charge in [0, 0.05) is 12.8 Å². The van der Waals surface area contributed by atoms with Gasteiger partial charge < -0.3 is 9.47 Å². The van der Waals surface area contributed by atoms with Gasteiger partial charge in [-0.25, -0.2) is 0 Å². The number of rotatable bonds is 5. The van der Waals surface area contributed by atoms with Crippen LogP contribution >= 0.6 is 0 Å². The highest BCUT2D eigenvalue weighted by Gasteiger charge is 2.89. The Balaban J connectivity index is 1.75. The van der Waals surface area contributed by atoms with Gasteiger partial charge in [-0.1, -0.05) is 26.7 Å². The van der Waals surface area contributed by atoms with Gasteiger partial charge in [0.1, 0.15) is 0 Å². The molecule has 2 saturated heterocycles. The Bertz CT molecular complexity index is 159. The van der Waals surface area contributed by atoms with Crippen LogP contribution < -0.4 is 0 Å². The Morgan fingerprint density at radius 3 is 2.09 bits per heavy atom. The molecule has 0 aliphatic carbocycles. The second-order valence-electron chi connectivity index (χ2n) is 3.56. The first kappa shape index (κ1) is 7.56. The third-order valence-electron chi connectivity index (χ3n) is 2.60. The molecule has 64 valence electrons. The Hall–Kier alpha value is -0.0800. The van der Waals surface area contributed by atoms with Crippen molar-refractivity contribution in [2.75, 3.05) is 0 Å². The van der Waals surface area contributed by atoms with Crippen LogP contribution in [0.3, 0.4) is 0 Å². The number of hydrogen-bond donors (Lipinski definition) is 0. The summed E-state index contributed by atoms with van der Waals surface area (Å²) < 4.78 is 11.0. The Kier molecular flexibility index (Phi) is 1.52. The van der Waals surface area contributed by atoms with Crippen LogP contribution in [0.25, 0.3) is 0 Å². The van der Waals surface area contributed by atoms with Gasteiger partial charge in [0.25, 0.3) is 0 Å². The lowest BCUT2D eigenvalue weighted by Gasteiger charge is -1.98. The molecule has 2 aliphatic rings. The highest BCUT2D eigenvalue weighted by atomic mass is 17.0. The van der Waals surface area contributed by atoms with E-state index in [2.05, 4.69) is 13.8 Å². The van der Waals surface area contributed by atoms with Crippen LogP contribution in [0, 0.1) is 0 Å². The number of ether oxygens (including phenoxy) is 2. The molecule has 2 heterocycles. The lowest BCUT2D eigenvalue weighted by molar-refractivity contribution is -0.101. The maximum Gasteiger partial charge on any atom is 0.229 e. The van der Waals surface area contributed by atoms with Gasteiger partial charge in [-0.3, -0.25) is 0 Å². The van der Waals surface area contributed by atoms with E-state index in [9.17, 15) is 0 Å². The molecule has 0 radical (unpaired) electrons. The molecule has 0 amide bonds. The molecule has 2 rings (SSSR count). The molecule has 0 spiro atoms. The van der Waals surface area contributed by atoms with Gasteiger partial charge in [0.05, 0.1) is 0 Å². The van der Waals surface area contributed by atoms with Crippen molar-refractivity contribution in [3.8, 4) is 0 Å². The lowest BCUT2D eigenvalue weighted by Crippen LogP contribution is -1.98. The predicted octanol–water partition coefficient (Wildman–Crippen LogP) is 2.43. The average Bonchev–Trinajstić information content (AvgIpc) is 2.71. The SMILES string of the molecule is CCCCC12OC1(CCC)O2. The zero-order valence-corrected chi connectivity index (χ0v) is 7.35. The minimum atomic E-state index is -0.0864. The van der Waals surface area contributed by atoms with Gasteiger partial charge in [-0.15, -0.1) is 0 Å². The van der Waals surface area contributed by atoms with E-state index in [1.54, 1.807) is 0 Å². The lowest BCUT2D eigenvalue weighted by atomic mass is 10.1. The summed E-state index contributed by atoms with van der Waals surface area (Å²) >= 11 is 0. The minimum absolute atomic E-state index is 0.0843. The van der Waals surface area contributed by atoms with E-state index in [1.165, 1.54) is 12.8 Å². The third kappa shape index (κ3) is 0.926. The zero-order valence-electron chi connectivity index (χ0n) is 7.35. The van der Waals surface area contributed by atoms with Crippen LogP contribution in [0.4, 0.5) is 0 Å². The van der Waals surface area contributed by atoms with E-state index >= 15 is 0 Å². The Morgan fingerprint density at radius 1 is 0.909 bits per heavy atom. The number of hydrogen-bond acceptors (Lipinski definition) is 2. The molecule has 11 heavy (non-hydrogen) atoms. The molecular weight excluding hydrogens is 140 g/mol. The van der Waals surface area contributed by atoms with Gasteiger partial charge in [0.15, 0.2) is 0 Å². The summed E-state index contributed by atoms with van der Waals surface area (Å²) in [5, 5.41) is 0. The van der Waals surface area contributed by atoms with Crippen molar-refractivity contribution in [3.05, 3.63) is 0 Å². The summed E-state index contributed by atoms with van der Waals surface area (Å²) in [4.78, 5) is 0. The van der Waals surface area contributed by atoms with Crippen molar-refractivity contribution in [2.24, 2.45) is 0 Å². The molecule has 2 heteroatoms. The van der Waals surface area contributed by atoms with Gasteiger partial charge >= 0.3 is 0 Å². The van der Waals surface area contributed by atoms with Crippen LogP contribution in [0.1, 0.15) is 46.0 Å². The van der Waals surface area contributed by atoms with Crippen molar-refractivity contribution in [1.29, 1.82) is 0 Å². The fourth-order valence-electron chi connectivity index (χ4n) is 1.81. The van der Waals surface area contributed by atoms with Crippen LogP contribution in [0.15, 0.2) is 0 Å². The first-order chi connectivity index (χ1) is 5.29. The number of unbranched alkanes of at least 4 members (excludes halogenated alkanes) is 1. The molecule has 0 bridgehead atoms. The molecular formula is C9H16O2. The summed E-state index contributed by atoms with van der Waals surface area (Å²) in [6, 6.07) is 0. The van der Waals surface area contributed by atoms with Crippen LogP contribution in [0.2, 0.25) is 0 Å². The van der Waals surface area contributed by atoms with E-state index in [0.717, 1.165) is 19.3 Å². The summed E-state index contributed by atoms with van der Waals surface area (Å²) in [6.07, 6.45) is 5.80. The standard InChI is InChI=1S/C9H16O2/c1-3-5-7-9-8(10-9,11-9)6-4-2/h3-7H2,1-2H3. The van der Waals surface area contributed by atoms with E-state index in [0.29, 0.717) is 0 Å². The average molecular weight is 156 g/mol. The summed E-state index contributed by atoms with van der Waals surface area (Å²) in [7, 11) is 0. The van der Waals surface area contributed by atoms with Crippen LogP contribution in [-0.4, -0.2) is 11.6 Å². The zero-order chi connectivity index (χ0) is 7.95. The molecule has 0 atom stereocenters. The van der Waals surface area contributed by atoms with Crippen molar-refractivity contribution < 1.29 is 9.47 Å². The van der Waals surface area contributed by atoms with E-state index < -0.39 is 0 Å². The van der Waals surface area contributed by atoms with Crippen molar-refractivity contribution >= 4 is 0 Å². The van der Waals surface area contributed by atoms with E-state index in [-0.39, 0.29) is 11.6 Å². The van der Waals surface area contributed by atoms with Crippen molar-refractivity contribution in [3.63, 3.8) is 0 Å². The molecule has 0 aromatic heterocycles. The first-order valence-corrected chi connectivity index (χ1v) is 4.69. The molecule has 2 nitrogen and oxygen atoms in total. The molecule has 2 fully saturated rings. The maximum absolute atomic E-state index is 5.50. The molecule has 0 unspecified atom stereocenters. The van der Waals surface area contributed by atoms with Gasteiger partial charge in [0.2, 0.25) is 11.6 Å². The second kappa shape index (κ2) is 2.20. The fraction of sp³-hybridized carbons (Fsp3) is 1.00. The normalized spacial score (nSPS) is 45.3. The predicted molar refractivity (Wildman–Crippen MR) is 42.1 cm³/mol. The molecule has 0 N–H and O–H groups in total. The van der Waals surface area contributed by atoms with Crippen LogP contribution in [-0.2, 0) is 9.47 Å². The fourth-order valence-corrected chi connectivity index (χ4v) is 1.81. The minimum Gasteiger partial charge on any atom is -0.307 e. The van der Waals surface area contributed by atoms with Crippen molar-refractivity contribution in [2.45, 2.75) is 57.5 Å². The van der Waals surface area contributed by atoms with Gasteiger partial charge in [-0.05, 0) is 6.42 Å². The first-order valence-electron chi connectivity index (χ1n) is 4.69. The Morgan fingerprint density at radius 2 is 1.55 bits per heavy atom. The smallest absolute Gasteiger partial charge is 0.229 e.